The zero-order valence-corrected chi connectivity index (χ0v) is 14.7. The second-order valence-electron chi connectivity index (χ2n) is 3.63. The summed E-state index contributed by atoms with van der Waals surface area (Å²) >= 11 is 4.25. The molecule has 0 amide bonds. The number of hydrogen-bond donors (Lipinski definition) is 0. The maximum absolute atomic E-state index is 12.9. The Bertz CT molecular complexity index is 445. The molecule has 0 aromatic heterocycles. The molecule has 0 saturated carbocycles. The van der Waals surface area contributed by atoms with Gasteiger partial charge in [-0.05, 0) is 17.7 Å². The molecule has 2 rings (SSSR count). The third-order valence-corrected chi connectivity index (χ3v) is 2.21. The maximum atomic E-state index is 12.9. The molecular weight excluding hydrogens is 348 g/mol. The Balaban J connectivity index is 0.000000771. The first-order valence-corrected chi connectivity index (χ1v) is 12.3. The van der Waals surface area contributed by atoms with Crippen LogP contribution in [0.25, 0.3) is 0 Å². The molecule has 0 unspecified atom stereocenters. The second-order valence-corrected chi connectivity index (χ2v) is 3.63. The molecule has 0 aliphatic rings. The van der Waals surface area contributed by atoms with Crippen LogP contribution in [0.3, 0.4) is 0 Å². The predicted molar refractivity (Wildman–Crippen MR) is 69.7 cm³/mol. The van der Waals surface area contributed by atoms with Crippen molar-refractivity contribution in [2.45, 2.75) is 13.5 Å². The van der Waals surface area contributed by atoms with E-state index < -0.39 is 0 Å². The van der Waals surface area contributed by atoms with E-state index in [4.69, 9.17) is 4.74 Å². The SMILES string of the molecule is Cc1[c-]ccc(OCc2cccc(F)c2)c1.[Zn+][Br]. The topological polar surface area (TPSA) is 9.23 Å². The van der Waals surface area contributed by atoms with Crippen LogP contribution in [0.15, 0.2) is 42.5 Å². The molecule has 0 bridgehead atoms. The third kappa shape index (κ3) is 5.28. The van der Waals surface area contributed by atoms with Crippen LogP contribution in [-0.4, -0.2) is 0 Å². The van der Waals surface area contributed by atoms with Crippen molar-refractivity contribution in [3.63, 3.8) is 0 Å². The third-order valence-electron chi connectivity index (χ3n) is 2.21. The summed E-state index contributed by atoms with van der Waals surface area (Å²) in [5.41, 5.74) is 1.85. The quantitative estimate of drug-likeness (QED) is 0.584. The molecule has 90 valence electrons. The van der Waals surface area contributed by atoms with Gasteiger partial charge in [-0.2, -0.15) is 17.7 Å². The molecule has 0 aliphatic carbocycles. The van der Waals surface area contributed by atoms with Crippen molar-refractivity contribution >= 4 is 13.6 Å². The zero-order valence-electron chi connectivity index (χ0n) is 10.1. The Morgan fingerprint density at radius 1 is 1.28 bits per heavy atom. The van der Waals surface area contributed by atoms with Crippen LogP contribution in [0.5, 0.6) is 5.75 Å². The van der Waals surface area contributed by atoms with E-state index in [0.29, 0.717) is 6.61 Å². The van der Waals surface area contributed by atoms with Crippen LogP contribution in [0.1, 0.15) is 11.1 Å². The fourth-order valence-corrected chi connectivity index (χ4v) is 1.44. The van der Waals surface area contributed by atoms with E-state index >= 15 is 0 Å². The molecule has 0 atom stereocenters. The monoisotopic (exact) mass is 358 g/mol. The molecule has 18 heavy (non-hydrogen) atoms. The molecule has 0 fully saturated rings. The van der Waals surface area contributed by atoms with E-state index in [-0.39, 0.29) is 5.82 Å². The van der Waals surface area contributed by atoms with Crippen molar-refractivity contribution in [1.29, 1.82) is 0 Å². The Labute approximate surface area is 123 Å². The Hall–Kier alpha value is -0.727. The van der Waals surface area contributed by atoms with E-state index in [2.05, 4.69) is 19.7 Å². The normalized spacial score (nSPS) is 9.39. The summed E-state index contributed by atoms with van der Waals surface area (Å²) in [6.07, 6.45) is 0. The van der Waals surface area contributed by atoms with Crippen LogP contribution < -0.4 is 4.74 Å². The van der Waals surface area contributed by atoms with E-state index in [1.54, 1.807) is 6.07 Å². The molecule has 0 N–H and O–H groups in total. The van der Waals surface area contributed by atoms with Gasteiger partial charge in [0.1, 0.15) is 12.4 Å². The van der Waals surface area contributed by atoms with Gasteiger partial charge < -0.3 is 4.74 Å². The average molecular weight is 361 g/mol. The first-order valence-electron chi connectivity index (χ1n) is 5.36. The number of ether oxygens (including phenoxy) is 1. The second kappa shape index (κ2) is 8.39. The van der Waals surface area contributed by atoms with Crippen LogP contribution in [0, 0.1) is 18.8 Å². The minimum atomic E-state index is -0.237. The summed E-state index contributed by atoms with van der Waals surface area (Å²) < 4.78 is 18.4. The van der Waals surface area contributed by atoms with Gasteiger partial charge in [0.2, 0.25) is 0 Å². The van der Waals surface area contributed by atoms with Crippen molar-refractivity contribution in [2.24, 2.45) is 0 Å². The van der Waals surface area contributed by atoms with Crippen molar-refractivity contribution in [2.75, 3.05) is 0 Å². The number of rotatable bonds is 3. The van der Waals surface area contributed by atoms with Crippen molar-refractivity contribution in [1.82, 2.24) is 0 Å². The van der Waals surface area contributed by atoms with Gasteiger partial charge >= 0.3 is 30.0 Å². The number of aryl methyl sites for hydroxylation is 1. The van der Waals surface area contributed by atoms with Crippen LogP contribution >= 0.6 is 13.6 Å². The fraction of sp³-hybridized carbons (Fsp3) is 0.143. The first-order chi connectivity index (χ1) is 8.74. The predicted octanol–water partition coefficient (Wildman–Crippen LogP) is 4.36. The molecule has 2 aromatic rings. The van der Waals surface area contributed by atoms with Crippen LogP contribution in [0.2, 0.25) is 0 Å². The van der Waals surface area contributed by atoms with E-state index in [1.807, 2.05) is 31.2 Å². The molecule has 2 aromatic carbocycles. The fourth-order valence-electron chi connectivity index (χ4n) is 1.44. The summed E-state index contributed by atoms with van der Waals surface area (Å²) in [4.78, 5) is 0. The average Bonchev–Trinajstić information content (AvgIpc) is 2.39. The van der Waals surface area contributed by atoms with Gasteiger partial charge in [-0.25, -0.2) is 4.39 Å². The molecular formula is C14H12BrFOZn. The van der Waals surface area contributed by atoms with Gasteiger partial charge in [-0.3, -0.25) is 0 Å². The van der Waals surface area contributed by atoms with Gasteiger partial charge in [0.25, 0.3) is 0 Å². The standard InChI is InChI=1S/C14H12FO.BrH.Zn/c1-11-4-2-7-14(8-11)16-10-12-5-3-6-13(15)9-12;;/h2-3,5-9H,10H2,1H3;1H;/q-1;;+2/p-1. The molecule has 0 heterocycles. The van der Waals surface area contributed by atoms with Crippen molar-refractivity contribution in [3.8, 4) is 5.75 Å². The van der Waals surface area contributed by atoms with Crippen molar-refractivity contribution in [3.05, 3.63) is 65.5 Å². The Morgan fingerprint density at radius 2 is 2.06 bits per heavy atom. The van der Waals surface area contributed by atoms with Crippen molar-refractivity contribution < 1.29 is 25.5 Å². The van der Waals surface area contributed by atoms with E-state index in [1.165, 1.54) is 28.5 Å². The van der Waals surface area contributed by atoms with E-state index in [9.17, 15) is 4.39 Å². The summed E-state index contributed by atoms with van der Waals surface area (Å²) in [7, 11) is 0. The van der Waals surface area contributed by atoms with Gasteiger partial charge in [0.05, 0.1) is 0 Å². The summed E-state index contributed by atoms with van der Waals surface area (Å²) in [5, 5.41) is 0. The van der Waals surface area contributed by atoms with Gasteiger partial charge in [-0.1, -0.05) is 19.1 Å². The van der Waals surface area contributed by atoms with Gasteiger partial charge in [0.15, 0.2) is 0 Å². The number of benzene rings is 2. The number of halogens is 2. The summed E-state index contributed by atoms with van der Waals surface area (Å²) in [5.74, 6) is 0.541. The van der Waals surface area contributed by atoms with Crippen LogP contribution in [-0.2, 0) is 22.9 Å². The van der Waals surface area contributed by atoms with Gasteiger partial charge in [0, 0.05) is 5.75 Å². The zero-order chi connectivity index (χ0) is 13.4. The first kappa shape index (κ1) is 15.3. The molecule has 1 nitrogen and oxygen atoms in total. The minimum absolute atomic E-state index is 0.237. The molecule has 0 spiro atoms. The molecule has 4 heteroatoms. The summed E-state index contributed by atoms with van der Waals surface area (Å²) in [6.45, 7) is 2.33. The molecule has 0 aliphatic heterocycles. The Kier molecular flexibility index (Phi) is 7.14. The van der Waals surface area contributed by atoms with E-state index in [0.717, 1.165) is 16.9 Å². The Morgan fingerprint density at radius 3 is 2.72 bits per heavy atom. The number of hydrogen-bond acceptors (Lipinski definition) is 1. The molecule has 0 saturated heterocycles. The van der Waals surface area contributed by atoms with Crippen LogP contribution in [0.4, 0.5) is 4.39 Å². The summed E-state index contributed by atoms with van der Waals surface area (Å²) in [6, 6.07) is 15.0. The van der Waals surface area contributed by atoms with Gasteiger partial charge in [-0.15, -0.1) is 12.1 Å². The molecule has 0 radical (unpaired) electrons.